The zero-order chi connectivity index (χ0) is 13.6. The molecule has 0 amide bonds. The summed E-state index contributed by atoms with van der Waals surface area (Å²) in [5.74, 6) is -6.59. The average Bonchev–Trinajstić information content (AvgIpc) is 2.15. The summed E-state index contributed by atoms with van der Waals surface area (Å²) in [5, 5.41) is 37.5. The van der Waals surface area contributed by atoms with Gasteiger partial charge in [0.15, 0.2) is 0 Å². The Labute approximate surface area is 140 Å². The molecule has 0 bridgehead atoms. The fraction of sp³-hybridized carbons (Fsp3) is 0.500. The molecule has 0 saturated heterocycles. The summed E-state index contributed by atoms with van der Waals surface area (Å²) in [4.78, 5) is 41.7. The quantitative estimate of drug-likeness (QED) is 0.251. The zero-order valence-corrected chi connectivity index (χ0v) is 12.9. The molecule has 0 aromatic rings. The van der Waals surface area contributed by atoms with Crippen LogP contribution < -0.4 is 40.0 Å². The number of carboxylic acids is 4. The van der Waals surface area contributed by atoms with Crippen LogP contribution in [0.15, 0.2) is 0 Å². The molecule has 9 nitrogen and oxygen atoms in total. The Morgan fingerprint density at radius 2 is 1.42 bits per heavy atom. The van der Waals surface area contributed by atoms with E-state index < -0.39 is 48.8 Å². The molecular weight excluding hydrogens is 317 g/mol. The van der Waals surface area contributed by atoms with Crippen molar-refractivity contribution in [3.8, 4) is 0 Å². The molecule has 0 radical (unpaired) electrons. The predicted molar refractivity (Wildman–Crippen MR) is 47.9 cm³/mol. The van der Waals surface area contributed by atoms with E-state index >= 15 is 0 Å². The minimum absolute atomic E-state index is 0. The maximum Gasteiger partial charge on any atom is 1.00 e. The molecule has 11 heteroatoms. The molecule has 19 heavy (non-hydrogen) atoms. The number of rotatable bonds is 8. The normalized spacial score (nSPS) is 10.8. The molecule has 0 fully saturated rings. The van der Waals surface area contributed by atoms with E-state index in [1.165, 1.54) is 0 Å². The fourth-order valence-electron chi connectivity index (χ4n) is 0.990. The van der Waals surface area contributed by atoms with Crippen LogP contribution in [0.25, 0.3) is 0 Å². The van der Waals surface area contributed by atoms with Crippen LogP contribution in [0, 0.1) is 0 Å². The van der Waals surface area contributed by atoms with Gasteiger partial charge in [0.1, 0.15) is 6.04 Å². The van der Waals surface area contributed by atoms with Crippen molar-refractivity contribution in [3.05, 3.63) is 0 Å². The summed E-state index contributed by atoms with van der Waals surface area (Å²) in [7, 11) is 0. The van der Waals surface area contributed by atoms with Crippen molar-refractivity contribution in [2.24, 2.45) is 0 Å². The topological polar surface area (TPSA) is 164 Å². The second kappa shape index (κ2) is 11.2. The number of hydrogen-bond donors (Lipinski definition) is 4. The Morgan fingerprint density at radius 3 is 1.68 bits per heavy atom. The number of aliphatic carboxylic acids is 4. The van der Waals surface area contributed by atoms with E-state index in [1.54, 1.807) is 0 Å². The van der Waals surface area contributed by atoms with Crippen LogP contribution in [0.2, 0.25) is 0 Å². The van der Waals surface area contributed by atoms with Gasteiger partial charge in [-0.25, -0.2) is 9.59 Å². The molecule has 104 valence electrons. The van der Waals surface area contributed by atoms with Gasteiger partial charge in [-0.15, -0.1) is 0 Å². The van der Waals surface area contributed by atoms with Crippen molar-refractivity contribution >= 4 is 23.9 Å². The van der Waals surface area contributed by atoms with Crippen molar-refractivity contribution in [3.63, 3.8) is 0 Å². The second-order valence-corrected chi connectivity index (χ2v) is 3.08. The van der Waals surface area contributed by atoms with Crippen LogP contribution >= 0.6 is 0 Å². The summed E-state index contributed by atoms with van der Waals surface area (Å²) < 4.78 is 0. The average molecular weight is 327 g/mol. The van der Waals surface area contributed by atoms with Crippen molar-refractivity contribution in [1.82, 2.24) is 5.32 Å². The molecule has 0 aliphatic rings. The largest absolute Gasteiger partial charge is 1.00 e. The first-order valence-electron chi connectivity index (χ1n) is 4.40. The maximum atomic E-state index is 10.6. The zero-order valence-electron chi connectivity index (χ0n) is 9.81. The monoisotopic (exact) mass is 327 g/mol. The fourth-order valence-corrected chi connectivity index (χ4v) is 0.990. The van der Waals surface area contributed by atoms with Crippen LogP contribution in [0.4, 0.5) is 0 Å². The van der Waals surface area contributed by atoms with Crippen molar-refractivity contribution < 1.29 is 86.2 Å². The third kappa shape index (κ3) is 9.88. The van der Waals surface area contributed by atoms with E-state index in [1.807, 2.05) is 5.32 Å². The third-order valence-electron chi connectivity index (χ3n) is 1.80. The van der Waals surface area contributed by atoms with Gasteiger partial charge in [0.05, 0.1) is 0 Å². The maximum absolute atomic E-state index is 10.6. The number of carbonyl (C=O) groups is 4. The molecule has 1 atom stereocenters. The number of carboxylic acid groups (broad SMARTS) is 4. The van der Waals surface area contributed by atoms with Crippen molar-refractivity contribution in [1.29, 1.82) is 0 Å². The smallest absolute Gasteiger partial charge is 0.550 e. The summed E-state index contributed by atoms with van der Waals surface area (Å²) in [6.07, 6.45) is -1.11. The van der Waals surface area contributed by atoms with E-state index in [2.05, 4.69) is 0 Å². The van der Waals surface area contributed by atoms with Gasteiger partial charge in [0.25, 0.3) is 0 Å². The van der Waals surface area contributed by atoms with E-state index in [4.69, 9.17) is 15.3 Å². The molecule has 1 unspecified atom stereocenters. The first-order valence-corrected chi connectivity index (χ1v) is 4.40. The van der Waals surface area contributed by atoms with Crippen LogP contribution in [-0.4, -0.2) is 51.3 Å². The molecule has 0 aliphatic carbocycles. The molecule has 0 aliphatic heterocycles. The number of carbonyl (C=O) groups excluding carboxylic acids is 1. The van der Waals surface area contributed by atoms with Crippen LogP contribution in [0.1, 0.15) is 12.8 Å². The van der Waals surface area contributed by atoms with Gasteiger partial charge >= 0.3 is 47.5 Å². The van der Waals surface area contributed by atoms with E-state index in [0.29, 0.717) is 0 Å². The minimum Gasteiger partial charge on any atom is -0.550 e. The van der Waals surface area contributed by atoms with Gasteiger partial charge in [-0.05, 0) is 12.8 Å². The Balaban J connectivity index is -0.00000128. The Morgan fingerprint density at radius 1 is 1.00 bits per heavy atom. The van der Waals surface area contributed by atoms with Gasteiger partial charge in [-0.2, -0.15) is 0 Å². The van der Waals surface area contributed by atoms with E-state index in [-0.39, 0.29) is 46.6 Å². The molecule has 0 aromatic heterocycles. The van der Waals surface area contributed by atoms with E-state index in [0.717, 1.165) is 0 Å². The van der Waals surface area contributed by atoms with E-state index in [9.17, 15) is 24.3 Å². The van der Waals surface area contributed by atoms with Crippen LogP contribution in [0.3, 0.4) is 0 Å². The molecule has 0 spiro atoms. The number of nitrogens with one attached hydrogen (secondary N) is 1. The Kier molecular flexibility index (Phi) is 13.8. The minimum atomic E-state index is -2.11. The molecule has 4 N–H and O–H groups in total. The molecule has 0 heterocycles. The first kappa shape index (κ1) is 23.5. The standard InChI is InChI=1S/C8H11NO8.Fe.Na/c10-4(11)2-1-3(6(12)13)9-5(7(14)15)8(16)17;;/h3,5,9H,1-2H2,(H,10,11)(H,12,13)(H,14,15)(H,16,17);;/q;;+1/p-1. The van der Waals surface area contributed by atoms with Gasteiger partial charge in [0, 0.05) is 23.0 Å². The summed E-state index contributed by atoms with van der Waals surface area (Å²) in [6.45, 7) is 0. The van der Waals surface area contributed by atoms with Crippen molar-refractivity contribution in [2.45, 2.75) is 24.9 Å². The molecule has 0 rings (SSSR count). The van der Waals surface area contributed by atoms with Crippen LogP contribution in [0.5, 0.6) is 0 Å². The van der Waals surface area contributed by atoms with Crippen LogP contribution in [-0.2, 0) is 36.2 Å². The predicted octanol–water partition coefficient (Wildman–Crippen LogP) is -5.90. The SMILES string of the molecule is O=C([O-])CCC(NC(C(=O)O)C(=O)O)C(=O)O.[Fe].[Na+]. The van der Waals surface area contributed by atoms with Crippen molar-refractivity contribution in [2.75, 3.05) is 0 Å². The number of hydrogen-bond acceptors (Lipinski definition) is 6. The molecular formula is C8H10FeNNaO8. The first-order chi connectivity index (χ1) is 7.75. The van der Waals surface area contributed by atoms with Gasteiger partial charge in [-0.3, -0.25) is 10.1 Å². The summed E-state index contributed by atoms with van der Waals surface area (Å²) in [5.41, 5.74) is 0. The second-order valence-electron chi connectivity index (χ2n) is 3.08. The molecule has 0 saturated carbocycles. The summed E-state index contributed by atoms with van der Waals surface area (Å²) in [6, 6.07) is -3.71. The Hall–Kier alpha value is -0.641. The third-order valence-corrected chi connectivity index (χ3v) is 1.80. The molecule has 0 aromatic carbocycles. The van der Waals surface area contributed by atoms with Gasteiger partial charge < -0.3 is 25.2 Å². The Bertz CT molecular complexity index is 336. The van der Waals surface area contributed by atoms with Gasteiger partial charge in [-0.1, -0.05) is 0 Å². The van der Waals surface area contributed by atoms with Gasteiger partial charge in [0.2, 0.25) is 6.04 Å². The summed E-state index contributed by atoms with van der Waals surface area (Å²) >= 11 is 0.